The minimum Gasteiger partial charge on any atom is -0.480 e. The molecule has 1 aromatic rings. The van der Waals surface area contributed by atoms with Crippen LogP contribution in [0.1, 0.15) is 5.56 Å². The summed E-state index contributed by atoms with van der Waals surface area (Å²) in [6.45, 7) is 1.85. The minimum absolute atomic E-state index is 0.560. The van der Waals surface area contributed by atoms with E-state index in [4.69, 9.17) is 5.11 Å². The highest BCUT2D eigenvalue weighted by atomic mass is 32.1. The highest BCUT2D eigenvalue weighted by Gasteiger charge is 2.24. The molecule has 0 aliphatic carbocycles. The van der Waals surface area contributed by atoms with Crippen LogP contribution in [0.3, 0.4) is 0 Å². The summed E-state index contributed by atoms with van der Waals surface area (Å²) in [7, 11) is 1.43. The molecule has 6 heteroatoms. The lowest BCUT2D eigenvalue weighted by atomic mass is 10.3. The molecule has 5 nitrogen and oxygen atoms in total. The molecule has 1 rings (SSSR count). The summed E-state index contributed by atoms with van der Waals surface area (Å²) in [6.07, 6.45) is 0. The Morgan fingerprint density at radius 2 is 2.20 bits per heavy atom. The van der Waals surface area contributed by atoms with Gasteiger partial charge in [-0.05, 0) is 31.0 Å². The Morgan fingerprint density at radius 3 is 2.60 bits per heavy atom. The summed E-state index contributed by atoms with van der Waals surface area (Å²) in [5.74, 6) is -1.75. The zero-order valence-corrected chi connectivity index (χ0v) is 9.22. The molecule has 1 unspecified atom stereocenters. The van der Waals surface area contributed by atoms with Crippen molar-refractivity contribution in [1.29, 1.82) is 0 Å². The van der Waals surface area contributed by atoms with Gasteiger partial charge in [0.2, 0.25) is 0 Å². The monoisotopic (exact) mass is 228 g/mol. The molecule has 0 spiro atoms. The number of aliphatic carboxylic acids is 1. The smallest absolute Gasteiger partial charge is 0.330 e. The normalized spacial score (nSPS) is 12.1. The third kappa shape index (κ3) is 2.77. The van der Waals surface area contributed by atoms with Crippen LogP contribution in [-0.2, 0) is 9.59 Å². The first-order chi connectivity index (χ1) is 7.06. The van der Waals surface area contributed by atoms with Crippen LogP contribution in [0.15, 0.2) is 11.4 Å². The number of hydrogen-bond donors (Lipinski definition) is 3. The molecule has 15 heavy (non-hydrogen) atoms. The number of likely N-dealkylation sites (N-methyl/N-ethyl adjacent to an activating group) is 1. The number of anilines is 1. The van der Waals surface area contributed by atoms with E-state index in [9.17, 15) is 9.59 Å². The van der Waals surface area contributed by atoms with Crippen LogP contribution in [0, 0.1) is 6.92 Å². The van der Waals surface area contributed by atoms with E-state index >= 15 is 0 Å². The van der Waals surface area contributed by atoms with Crippen LogP contribution in [0.4, 0.5) is 5.00 Å². The first kappa shape index (κ1) is 11.7. The van der Waals surface area contributed by atoms with Gasteiger partial charge in [-0.3, -0.25) is 10.1 Å². The lowest BCUT2D eigenvalue weighted by Crippen LogP contribution is -2.44. The van der Waals surface area contributed by atoms with E-state index in [-0.39, 0.29) is 0 Å². The second-order valence-electron chi connectivity index (χ2n) is 2.98. The summed E-state index contributed by atoms with van der Waals surface area (Å²) in [5.41, 5.74) is 0.925. The van der Waals surface area contributed by atoms with Crippen LogP contribution in [0.25, 0.3) is 0 Å². The summed E-state index contributed by atoms with van der Waals surface area (Å²) >= 11 is 1.36. The molecule has 0 aromatic carbocycles. The maximum atomic E-state index is 11.5. The Balaban J connectivity index is 2.70. The fourth-order valence-corrected chi connectivity index (χ4v) is 1.87. The Bertz CT molecular complexity index is 375. The molecule has 1 heterocycles. The fraction of sp³-hybridized carbons (Fsp3) is 0.333. The van der Waals surface area contributed by atoms with Crippen LogP contribution in [0.5, 0.6) is 0 Å². The van der Waals surface area contributed by atoms with Crippen molar-refractivity contribution in [3.8, 4) is 0 Å². The zero-order chi connectivity index (χ0) is 11.4. The molecule has 1 aromatic heterocycles. The van der Waals surface area contributed by atoms with Crippen LogP contribution < -0.4 is 10.6 Å². The molecular formula is C9H12N2O3S. The van der Waals surface area contributed by atoms with Gasteiger partial charge in [0.15, 0.2) is 6.04 Å². The summed E-state index contributed by atoms with van der Waals surface area (Å²) < 4.78 is 0. The highest BCUT2D eigenvalue weighted by molar-refractivity contribution is 7.14. The number of aryl methyl sites for hydroxylation is 1. The van der Waals surface area contributed by atoms with E-state index in [1.54, 1.807) is 0 Å². The Labute approximate surface area is 91.1 Å². The van der Waals surface area contributed by atoms with Crippen molar-refractivity contribution in [2.75, 3.05) is 12.4 Å². The van der Waals surface area contributed by atoms with E-state index in [0.717, 1.165) is 5.56 Å². The molecule has 0 aliphatic rings. The quantitative estimate of drug-likeness (QED) is 0.662. The average molecular weight is 228 g/mol. The molecule has 0 saturated heterocycles. The summed E-state index contributed by atoms with van der Waals surface area (Å²) in [5, 5.41) is 16.2. The number of rotatable bonds is 4. The second kappa shape index (κ2) is 4.90. The van der Waals surface area contributed by atoms with E-state index in [2.05, 4.69) is 10.6 Å². The number of carbonyl (C=O) groups is 2. The molecule has 82 valence electrons. The second-order valence-corrected chi connectivity index (χ2v) is 3.90. The number of carboxylic acid groups (broad SMARTS) is 1. The predicted molar refractivity (Wildman–Crippen MR) is 58.2 cm³/mol. The minimum atomic E-state index is -1.22. The number of hydrogen-bond acceptors (Lipinski definition) is 4. The van der Waals surface area contributed by atoms with E-state index in [0.29, 0.717) is 5.00 Å². The van der Waals surface area contributed by atoms with Gasteiger partial charge in [-0.15, -0.1) is 11.3 Å². The number of nitrogens with one attached hydrogen (secondary N) is 2. The summed E-state index contributed by atoms with van der Waals surface area (Å²) in [6, 6.07) is 0.640. The average Bonchev–Trinajstić information content (AvgIpc) is 2.52. The lowest BCUT2D eigenvalue weighted by molar-refractivity contribution is -0.142. The van der Waals surface area contributed by atoms with Gasteiger partial charge in [0.05, 0.1) is 5.00 Å². The molecule has 0 bridgehead atoms. The SMILES string of the molecule is CNC(C(=O)O)C(=O)Nc1sccc1C. The maximum Gasteiger partial charge on any atom is 0.330 e. The molecular weight excluding hydrogens is 216 g/mol. The zero-order valence-electron chi connectivity index (χ0n) is 8.40. The molecule has 0 aliphatic heterocycles. The third-order valence-corrected chi connectivity index (χ3v) is 2.83. The molecule has 1 amide bonds. The Kier molecular flexibility index (Phi) is 3.81. The highest BCUT2D eigenvalue weighted by Crippen LogP contribution is 2.21. The molecule has 0 saturated carbocycles. The van der Waals surface area contributed by atoms with Gasteiger partial charge in [0.25, 0.3) is 5.91 Å². The maximum absolute atomic E-state index is 11.5. The topological polar surface area (TPSA) is 78.4 Å². The van der Waals surface area contributed by atoms with Gasteiger partial charge in [0.1, 0.15) is 0 Å². The Morgan fingerprint density at radius 1 is 1.53 bits per heavy atom. The van der Waals surface area contributed by atoms with Crippen molar-refractivity contribution in [3.63, 3.8) is 0 Å². The fourth-order valence-electron chi connectivity index (χ4n) is 1.05. The first-order valence-corrected chi connectivity index (χ1v) is 5.19. The van der Waals surface area contributed by atoms with Gasteiger partial charge in [-0.1, -0.05) is 0 Å². The van der Waals surface area contributed by atoms with Crippen LogP contribution >= 0.6 is 11.3 Å². The van der Waals surface area contributed by atoms with Crippen molar-refractivity contribution in [1.82, 2.24) is 5.32 Å². The first-order valence-electron chi connectivity index (χ1n) is 4.31. The largest absolute Gasteiger partial charge is 0.480 e. The van der Waals surface area contributed by atoms with E-state index in [1.807, 2.05) is 18.4 Å². The van der Waals surface area contributed by atoms with Crippen molar-refractivity contribution in [2.24, 2.45) is 0 Å². The third-order valence-electron chi connectivity index (χ3n) is 1.90. The molecule has 0 radical (unpaired) electrons. The summed E-state index contributed by atoms with van der Waals surface area (Å²) in [4.78, 5) is 22.2. The number of carboxylic acids is 1. The number of thiophene rings is 1. The number of amides is 1. The molecule has 1 atom stereocenters. The van der Waals surface area contributed by atoms with Gasteiger partial charge in [0, 0.05) is 0 Å². The molecule has 3 N–H and O–H groups in total. The van der Waals surface area contributed by atoms with Crippen molar-refractivity contribution in [3.05, 3.63) is 17.0 Å². The van der Waals surface area contributed by atoms with E-state index < -0.39 is 17.9 Å². The standard InChI is InChI=1S/C9H12N2O3S/c1-5-3-4-15-8(5)11-7(12)6(10-2)9(13)14/h3-4,6,10H,1-2H3,(H,11,12)(H,13,14). The van der Waals surface area contributed by atoms with Crippen LogP contribution in [0.2, 0.25) is 0 Å². The van der Waals surface area contributed by atoms with Gasteiger partial charge in [-0.2, -0.15) is 0 Å². The van der Waals surface area contributed by atoms with Crippen molar-refractivity contribution < 1.29 is 14.7 Å². The predicted octanol–water partition coefficient (Wildman–Crippen LogP) is 0.668. The number of carbonyl (C=O) groups excluding carboxylic acids is 1. The van der Waals surface area contributed by atoms with Crippen LogP contribution in [-0.4, -0.2) is 30.1 Å². The lowest BCUT2D eigenvalue weighted by Gasteiger charge is -2.10. The Hall–Kier alpha value is -1.40. The van der Waals surface area contributed by atoms with Gasteiger partial charge >= 0.3 is 5.97 Å². The van der Waals surface area contributed by atoms with Crippen molar-refractivity contribution in [2.45, 2.75) is 13.0 Å². The molecule has 0 fully saturated rings. The van der Waals surface area contributed by atoms with Crippen molar-refractivity contribution >= 4 is 28.2 Å². The van der Waals surface area contributed by atoms with Gasteiger partial charge < -0.3 is 10.4 Å². The van der Waals surface area contributed by atoms with Gasteiger partial charge in [-0.25, -0.2) is 4.79 Å². The van der Waals surface area contributed by atoms with E-state index in [1.165, 1.54) is 18.4 Å².